The molecular formula is C33H24O4. The minimum absolute atomic E-state index is 0.434. The first-order valence-corrected chi connectivity index (χ1v) is 12.4. The van der Waals surface area contributed by atoms with E-state index < -0.39 is 17.2 Å². The number of carbonyl (C=O) groups is 1. The summed E-state index contributed by atoms with van der Waals surface area (Å²) in [6, 6.07) is 34.6. The minimum Gasteiger partial charge on any atom is -0.423 e. The topological polar surface area (TPSA) is 44.8 Å². The van der Waals surface area contributed by atoms with Crippen molar-refractivity contribution in [2.24, 2.45) is 0 Å². The summed E-state index contributed by atoms with van der Waals surface area (Å²) in [7, 11) is 0. The summed E-state index contributed by atoms with van der Waals surface area (Å²) in [5, 5.41) is 4.75. The van der Waals surface area contributed by atoms with E-state index in [1.54, 1.807) is 0 Å². The summed E-state index contributed by atoms with van der Waals surface area (Å²) in [4.78, 5) is 24.8. The Morgan fingerprint density at radius 3 is 1.97 bits per heavy atom. The zero-order valence-electron chi connectivity index (χ0n) is 20.5. The standard InChI is InChI=1S/C33H24O4/c1-32-20-29(33(2,37-36-32)28-14-8-7-13-27(28)32)31(34)35-24-17-15-21(16-18-24)30-25-11-5-3-9-22(25)19-23-10-4-6-12-26(23)30/h3-20H,1-2H3. The van der Waals surface area contributed by atoms with Gasteiger partial charge in [0.05, 0.1) is 5.57 Å². The van der Waals surface area contributed by atoms with E-state index in [1.165, 1.54) is 27.1 Å². The predicted molar refractivity (Wildman–Crippen MR) is 144 cm³/mol. The molecule has 0 amide bonds. The van der Waals surface area contributed by atoms with Crippen molar-refractivity contribution in [2.45, 2.75) is 25.0 Å². The molecule has 0 N–H and O–H groups in total. The largest absolute Gasteiger partial charge is 0.423 e. The van der Waals surface area contributed by atoms with Gasteiger partial charge in [-0.2, -0.15) is 0 Å². The second-order valence-corrected chi connectivity index (χ2v) is 10.0. The third-order valence-corrected chi connectivity index (χ3v) is 7.64. The Hall–Kier alpha value is -4.25. The smallest absolute Gasteiger partial charge is 0.342 e. The molecule has 8 rings (SSSR count). The van der Waals surface area contributed by atoms with Crippen LogP contribution in [0.3, 0.4) is 0 Å². The Bertz CT molecular complexity index is 1700. The fraction of sp³-hybridized carbons (Fsp3) is 0.121. The highest BCUT2D eigenvalue weighted by Gasteiger charge is 2.54. The van der Waals surface area contributed by atoms with Crippen molar-refractivity contribution >= 4 is 27.5 Å². The Morgan fingerprint density at radius 1 is 0.703 bits per heavy atom. The van der Waals surface area contributed by atoms with Crippen molar-refractivity contribution in [3.8, 4) is 16.9 Å². The molecule has 5 aromatic carbocycles. The summed E-state index contributed by atoms with van der Waals surface area (Å²) in [5.41, 5.74) is 2.69. The lowest BCUT2D eigenvalue weighted by Crippen LogP contribution is -2.49. The number of hydrogen-bond acceptors (Lipinski definition) is 4. The summed E-state index contributed by atoms with van der Waals surface area (Å²) in [6.45, 7) is 3.73. The molecule has 2 heterocycles. The predicted octanol–water partition coefficient (Wildman–Crippen LogP) is 7.60. The molecule has 4 heteroatoms. The van der Waals surface area contributed by atoms with Crippen molar-refractivity contribution in [1.29, 1.82) is 0 Å². The minimum atomic E-state index is -1.03. The van der Waals surface area contributed by atoms with Gasteiger partial charge in [-0.1, -0.05) is 84.9 Å². The van der Waals surface area contributed by atoms with Gasteiger partial charge in [-0.05, 0) is 81.9 Å². The fourth-order valence-corrected chi connectivity index (χ4v) is 5.73. The number of hydrogen-bond donors (Lipinski definition) is 0. The zero-order chi connectivity index (χ0) is 25.2. The maximum absolute atomic E-state index is 13.4. The summed E-state index contributed by atoms with van der Waals surface area (Å²) in [6.07, 6.45) is 1.82. The van der Waals surface area contributed by atoms with E-state index in [-0.39, 0.29) is 0 Å². The molecule has 5 aromatic rings. The molecule has 2 bridgehead atoms. The van der Waals surface area contributed by atoms with Crippen LogP contribution in [0.1, 0.15) is 25.0 Å². The van der Waals surface area contributed by atoms with E-state index in [0.717, 1.165) is 16.7 Å². The molecule has 0 radical (unpaired) electrons. The van der Waals surface area contributed by atoms with Gasteiger partial charge in [0.2, 0.25) is 0 Å². The first kappa shape index (κ1) is 22.0. The first-order valence-electron chi connectivity index (χ1n) is 12.4. The normalized spacial score (nSPS) is 22.1. The van der Waals surface area contributed by atoms with Gasteiger partial charge in [-0.15, -0.1) is 0 Å². The lowest BCUT2D eigenvalue weighted by atomic mass is 9.72. The van der Waals surface area contributed by atoms with Crippen molar-refractivity contribution in [2.75, 3.05) is 0 Å². The SMILES string of the molecule is CC12C=C(C(=O)Oc3ccc(-c4c5ccccc5cc5ccccc45)cc3)C(C)(OO1)c1ccccc12. The van der Waals surface area contributed by atoms with Gasteiger partial charge in [-0.25, -0.2) is 14.6 Å². The highest BCUT2D eigenvalue weighted by molar-refractivity contribution is 6.12. The van der Waals surface area contributed by atoms with Crippen LogP contribution < -0.4 is 4.74 Å². The van der Waals surface area contributed by atoms with Crippen LogP contribution in [0.25, 0.3) is 32.7 Å². The van der Waals surface area contributed by atoms with Crippen molar-refractivity contribution in [3.63, 3.8) is 0 Å². The third kappa shape index (κ3) is 3.27. The van der Waals surface area contributed by atoms with Gasteiger partial charge < -0.3 is 4.74 Å². The Labute approximate surface area is 214 Å². The number of fused-ring (bicyclic) bond motifs is 3. The van der Waals surface area contributed by atoms with E-state index in [0.29, 0.717) is 11.3 Å². The second-order valence-electron chi connectivity index (χ2n) is 10.0. The molecule has 0 aromatic heterocycles. The monoisotopic (exact) mass is 484 g/mol. The van der Waals surface area contributed by atoms with Gasteiger partial charge in [0.25, 0.3) is 0 Å². The molecular weight excluding hydrogens is 460 g/mol. The fourth-order valence-electron chi connectivity index (χ4n) is 5.73. The molecule has 0 saturated heterocycles. The molecule has 0 fully saturated rings. The van der Waals surface area contributed by atoms with E-state index in [2.05, 4.69) is 54.6 Å². The molecule has 2 aliphatic heterocycles. The van der Waals surface area contributed by atoms with Crippen LogP contribution in [-0.4, -0.2) is 5.97 Å². The first-order chi connectivity index (χ1) is 18.0. The molecule has 1 aliphatic carbocycles. The van der Waals surface area contributed by atoms with Crippen LogP contribution in [-0.2, 0) is 25.8 Å². The summed E-state index contributed by atoms with van der Waals surface area (Å²) < 4.78 is 5.85. The summed E-state index contributed by atoms with van der Waals surface area (Å²) >= 11 is 0. The molecule has 2 atom stereocenters. The quantitative estimate of drug-likeness (QED) is 0.114. The number of benzene rings is 5. The molecule has 3 aliphatic rings. The highest BCUT2D eigenvalue weighted by Crippen LogP contribution is 2.52. The van der Waals surface area contributed by atoms with Crippen LogP contribution in [0.15, 0.2) is 115 Å². The maximum Gasteiger partial charge on any atom is 0.342 e. The third-order valence-electron chi connectivity index (χ3n) is 7.64. The van der Waals surface area contributed by atoms with Crippen molar-refractivity contribution < 1.29 is 19.3 Å². The number of ether oxygens (including phenoxy) is 1. The van der Waals surface area contributed by atoms with E-state index in [1.807, 2.05) is 68.5 Å². The molecule has 2 unspecified atom stereocenters. The van der Waals surface area contributed by atoms with Crippen molar-refractivity contribution in [3.05, 3.63) is 126 Å². The van der Waals surface area contributed by atoms with Crippen molar-refractivity contribution in [1.82, 2.24) is 0 Å². The maximum atomic E-state index is 13.4. The van der Waals surface area contributed by atoms with E-state index in [9.17, 15) is 4.79 Å². The highest BCUT2D eigenvalue weighted by atomic mass is 17.2. The van der Waals surface area contributed by atoms with Crippen LogP contribution >= 0.6 is 0 Å². The van der Waals surface area contributed by atoms with Gasteiger partial charge in [0, 0.05) is 0 Å². The van der Waals surface area contributed by atoms with Crippen LogP contribution in [0.4, 0.5) is 0 Å². The lowest BCUT2D eigenvalue weighted by Gasteiger charge is -2.47. The van der Waals surface area contributed by atoms with Crippen LogP contribution in [0, 0.1) is 0 Å². The summed E-state index contributed by atoms with van der Waals surface area (Å²) in [5.74, 6) is 0.0264. The van der Waals surface area contributed by atoms with Crippen LogP contribution in [0.5, 0.6) is 5.75 Å². The Kier molecular flexibility index (Phi) is 4.68. The van der Waals surface area contributed by atoms with Gasteiger partial charge in [-0.3, -0.25) is 0 Å². The molecule has 0 spiro atoms. The second kappa shape index (κ2) is 7.87. The van der Waals surface area contributed by atoms with E-state index in [4.69, 9.17) is 14.5 Å². The molecule has 37 heavy (non-hydrogen) atoms. The average molecular weight is 485 g/mol. The zero-order valence-corrected chi connectivity index (χ0v) is 20.5. The Morgan fingerprint density at radius 2 is 1.30 bits per heavy atom. The lowest BCUT2D eigenvalue weighted by molar-refractivity contribution is -0.418. The Balaban J connectivity index is 1.24. The molecule has 180 valence electrons. The molecule has 4 nitrogen and oxygen atoms in total. The van der Waals surface area contributed by atoms with E-state index >= 15 is 0 Å². The number of esters is 1. The number of rotatable bonds is 3. The van der Waals surface area contributed by atoms with Gasteiger partial charge in [0.15, 0.2) is 5.60 Å². The number of carbonyl (C=O) groups excluding carboxylic acids is 1. The van der Waals surface area contributed by atoms with Gasteiger partial charge >= 0.3 is 5.97 Å². The van der Waals surface area contributed by atoms with Crippen LogP contribution in [0.2, 0.25) is 0 Å². The molecule has 0 saturated carbocycles. The average Bonchev–Trinajstić information content (AvgIpc) is 2.93. The van der Waals surface area contributed by atoms with Gasteiger partial charge in [0.1, 0.15) is 11.4 Å².